The molecule has 2 aliphatic rings. The highest BCUT2D eigenvalue weighted by Crippen LogP contribution is 2.43. The molecule has 0 aromatic heterocycles. The zero-order valence-corrected chi connectivity index (χ0v) is 16.0. The number of methoxy groups -OCH3 is 1. The number of carbonyl (C=O) groups excluding carboxylic acids is 1. The van der Waals surface area contributed by atoms with Crippen LogP contribution < -0.4 is 4.74 Å². The van der Waals surface area contributed by atoms with Crippen molar-refractivity contribution >= 4 is 5.91 Å². The fraction of sp³-hybridized carbons (Fsp3) is 0.667. The fourth-order valence-electron chi connectivity index (χ4n) is 4.62. The number of rotatable bonds is 4. The first kappa shape index (κ1) is 18.2. The summed E-state index contributed by atoms with van der Waals surface area (Å²) in [5.74, 6) is 1.21. The molecule has 2 fully saturated rings. The van der Waals surface area contributed by atoms with E-state index in [0.29, 0.717) is 11.9 Å². The number of hydrogen-bond acceptors (Lipinski definition) is 3. The van der Waals surface area contributed by atoms with Gasteiger partial charge in [-0.25, -0.2) is 0 Å². The normalized spacial score (nSPS) is 23.5. The average Bonchev–Trinajstić information content (AvgIpc) is 2.99. The lowest BCUT2D eigenvalue weighted by atomic mass is 9.77. The third-order valence-electron chi connectivity index (χ3n) is 6.22. The molecule has 1 saturated heterocycles. The van der Waals surface area contributed by atoms with E-state index in [1.54, 1.807) is 7.11 Å². The minimum atomic E-state index is -0.315. The maximum absolute atomic E-state index is 13.6. The molecule has 1 saturated carbocycles. The van der Waals surface area contributed by atoms with Gasteiger partial charge in [0.15, 0.2) is 0 Å². The lowest BCUT2D eigenvalue weighted by Gasteiger charge is -2.34. The Balaban J connectivity index is 1.81. The molecule has 1 unspecified atom stereocenters. The minimum Gasteiger partial charge on any atom is -0.497 e. The van der Waals surface area contributed by atoms with Gasteiger partial charge in [-0.2, -0.15) is 0 Å². The smallest absolute Gasteiger partial charge is 0.233 e. The highest BCUT2D eigenvalue weighted by Gasteiger charge is 2.45. The van der Waals surface area contributed by atoms with Crippen LogP contribution in [0.1, 0.15) is 50.5 Å². The second-order valence-corrected chi connectivity index (χ2v) is 7.86. The molecule has 1 aliphatic carbocycles. The summed E-state index contributed by atoms with van der Waals surface area (Å²) in [6, 6.07) is 8.78. The minimum absolute atomic E-state index is 0.315. The first-order valence-electron chi connectivity index (χ1n) is 9.67. The second-order valence-electron chi connectivity index (χ2n) is 7.86. The summed E-state index contributed by atoms with van der Waals surface area (Å²) >= 11 is 0. The molecule has 25 heavy (non-hydrogen) atoms. The Kier molecular flexibility index (Phi) is 5.67. The number of hydrogen-bond donors (Lipinski definition) is 0. The Morgan fingerprint density at radius 1 is 1.08 bits per heavy atom. The van der Waals surface area contributed by atoms with Crippen LogP contribution in [0.25, 0.3) is 0 Å². The van der Waals surface area contributed by atoms with E-state index in [-0.39, 0.29) is 5.41 Å². The Morgan fingerprint density at radius 3 is 2.36 bits per heavy atom. The quantitative estimate of drug-likeness (QED) is 0.839. The summed E-state index contributed by atoms with van der Waals surface area (Å²) in [5, 5.41) is 0. The van der Waals surface area contributed by atoms with Gasteiger partial charge in [0, 0.05) is 19.1 Å². The Morgan fingerprint density at radius 2 is 1.76 bits per heavy atom. The van der Waals surface area contributed by atoms with Gasteiger partial charge in [-0.1, -0.05) is 25.0 Å². The second kappa shape index (κ2) is 7.77. The molecule has 1 aromatic carbocycles. The number of amides is 1. The number of ether oxygens (including phenoxy) is 1. The molecular weight excluding hydrogens is 312 g/mol. The van der Waals surface area contributed by atoms with Crippen LogP contribution in [-0.4, -0.2) is 56.0 Å². The van der Waals surface area contributed by atoms with Crippen molar-refractivity contribution in [3.8, 4) is 5.75 Å². The number of nitrogens with zero attached hydrogens (tertiary/aromatic N) is 2. The Hall–Kier alpha value is -1.55. The van der Waals surface area contributed by atoms with E-state index in [4.69, 9.17) is 4.74 Å². The molecule has 3 rings (SSSR count). The van der Waals surface area contributed by atoms with Crippen molar-refractivity contribution in [1.82, 2.24) is 9.80 Å². The van der Waals surface area contributed by atoms with Gasteiger partial charge in [0.25, 0.3) is 0 Å². The van der Waals surface area contributed by atoms with Crippen molar-refractivity contribution in [2.75, 3.05) is 34.3 Å². The van der Waals surface area contributed by atoms with Crippen molar-refractivity contribution in [3.63, 3.8) is 0 Å². The zero-order chi connectivity index (χ0) is 17.9. The standard InChI is InChI=1S/C21H32N2O2/c1-22(2)18-7-6-15-23(16-12-18)20(24)21(13-4-5-14-21)17-8-10-19(25-3)11-9-17/h8-11,18H,4-7,12-16H2,1-3H3. The molecule has 4 nitrogen and oxygen atoms in total. The van der Waals surface area contributed by atoms with Gasteiger partial charge in [0.2, 0.25) is 5.91 Å². The fourth-order valence-corrected chi connectivity index (χ4v) is 4.62. The summed E-state index contributed by atoms with van der Waals surface area (Å²) in [6.45, 7) is 1.79. The van der Waals surface area contributed by atoms with Crippen LogP contribution in [0, 0.1) is 0 Å². The monoisotopic (exact) mass is 344 g/mol. The Labute approximate surface area is 152 Å². The van der Waals surface area contributed by atoms with Gasteiger partial charge in [-0.05, 0) is 63.9 Å². The molecule has 1 atom stereocenters. The van der Waals surface area contributed by atoms with Gasteiger partial charge in [0.1, 0.15) is 5.75 Å². The van der Waals surface area contributed by atoms with Crippen molar-refractivity contribution in [2.24, 2.45) is 0 Å². The van der Waals surface area contributed by atoms with E-state index >= 15 is 0 Å². The SMILES string of the molecule is COc1ccc(C2(C(=O)N3CCCC(N(C)C)CC3)CCCC2)cc1. The van der Waals surface area contributed by atoms with Crippen molar-refractivity contribution in [3.05, 3.63) is 29.8 Å². The van der Waals surface area contributed by atoms with Gasteiger partial charge in [-0.15, -0.1) is 0 Å². The lowest BCUT2D eigenvalue weighted by molar-refractivity contribution is -0.137. The number of carbonyl (C=O) groups is 1. The zero-order valence-electron chi connectivity index (χ0n) is 16.0. The van der Waals surface area contributed by atoms with Crippen LogP contribution in [0.4, 0.5) is 0 Å². The van der Waals surface area contributed by atoms with Crippen molar-refractivity contribution < 1.29 is 9.53 Å². The lowest BCUT2D eigenvalue weighted by Crippen LogP contribution is -2.46. The van der Waals surface area contributed by atoms with Gasteiger partial charge in [-0.3, -0.25) is 4.79 Å². The summed E-state index contributed by atoms with van der Waals surface area (Å²) in [5.41, 5.74) is 0.855. The van der Waals surface area contributed by atoms with Gasteiger partial charge < -0.3 is 14.5 Å². The third kappa shape index (κ3) is 3.69. The molecule has 138 valence electrons. The van der Waals surface area contributed by atoms with E-state index in [1.165, 1.54) is 12.0 Å². The van der Waals surface area contributed by atoms with Crippen LogP contribution in [-0.2, 0) is 10.2 Å². The van der Waals surface area contributed by atoms with Crippen molar-refractivity contribution in [2.45, 2.75) is 56.4 Å². The predicted molar refractivity (Wildman–Crippen MR) is 101 cm³/mol. The highest BCUT2D eigenvalue weighted by molar-refractivity contribution is 5.88. The van der Waals surface area contributed by atoms with Crippen LogP contribution in [0.15, 0.2) is 24.3 Å². The highest BCUT2D eigenvalue weighted by atomic mass is 16.5. The van der Waals surface area contributed by atoms with E-state index in [2.05, 4.69) is 36.0 Å². The molecule has 1 aromatic rings. The number of benzene rings is 1. The molecule has 0 radical (unpaired) electrons. The molecular formula is C21H32N2O2. The van der Waals surface area contributed by atoms with E-state index < -0.39 is 0 Å². The largest absolute Gasteiger partial charge is 0.497 e. The third-order valence-corrected chi connectivity index (χ3v) is 6.22. The van der Waals surface area contributed by atoms with E-state index in [9.17, 15) is 4.79 Å². The van der Waals surface area contributed by atoms with Crippen LogP contribution >= 0.6 is 0 Å². The summed E-state index contributed by atoms with van der Waals surface area (Å²) in [6.07, 6.45) is 7.62. The van der Waals surface area contributed by atoms with Gasteiger partial charge >= 0.3 is 0 Å². The summed E-state index contributed by atoms with van der Waals surface area (Å²) in [7, 11) is 5.99. The van der Waals surface area contributed by atoms with E-state index in [0.717, 1.165) is 57.4 Å². The van der Waals surface area contributed by atoms with E-state index in [1.807, 2.05) is 12.1 Å². The average molecular weight is 344 g/mol. The molecule has 0 bridgehead atoms. The van der Waals surface area contributed by atoms with Crippen LogP contribution in [0.5, 0.6) is 5.75 Å². The Bertz CT molecular complexity index is 576. The predicted octanol–water partition coefficient (Wildman–Crippen LogP) is 3.45. The van der Waals surface area contributed by atoms with Crippen molar-refractivity contribution in [1.29, 1.82) is 0 Å². The molecule has 1 heterocycles. The molecule has 1 amide bonds. The molecule has 1 aliphatic heterocycles. The van der Waals surface area contributed by atoms with Gasteiger partial charge in [0.05, 0.1) is 12.5 Å². The van der Waals surface area contributed by atoms with Crippen LogP contribution in [0.2, 0.25) is 0 Å². The summed E-state index contributed by atoms with van der Waals surface area (Å²) in [4.78, 5) is 18.0. The first-order chi connectivity index (χ1) is 12.1. The van der Waals surface area contributed by atoms with Crippen LogP contribution in [0.3, 0.4) is 0 Å². The number of likely N-dealkylation sites (tertiary alicyclic amines) is 1. The first-order valence-corrected chi connectivity index (χ1v) is 9.67. The molecule has 0 N–H and O–H groups in total. The molecule has 4 heteroatoms. The maximum atomic E-state index is 13.6. The summed E-state index contributed by atoms with van der Waals surface area (Å²) < 4.78 is 5.29. The maximum Gasteiger partial charge on any atom is 0.233 e. The topological polar surface area (TPSA) is 32.8 Å². The molecule has 0 spiro atoms.